The van der Waals surface area contributed by atoms with Crippen molar-refractivity contribution in [3.05, 3.63) is 65.0 Å². The van der Waals surface area contributed by atoms with E-state index < -0.39 is 6.10 Å². The Bertz CT molecular complexity index is 1410. The van der Waals surface area contributed by atoms with E-state index in [1.165, 1.54) is 0 Å². The van der Waals surface area contributed by atoms with Gasteiger partial charge in [-0.3, -0.25) is 0 Å². The molecule has 4 aromatic rings. The van der Waals surface area contributed by atoms with E-state index >= 15 is 0 Å². The van der Waals surface area contributed by atoms with Crippen molar-refractivity contribution in [2.75, 3.05) is 13.2 Å². The predicted molar refractivity (Wildman–Crippen MR) is 138 cm³/mol. The van der Waals surface area contributed by atoms with Crippen LogP contribution in [0.3, 0.4) is 0 Å². The highest BCUT2D eigenvalue weighted by Gasteiger charge is 2.34. The summed E-state index contributed by atoms with van der Waals surface area (Å²) in [5.41, 5.74) is 8.41. The summed E-state index contributed by atoms with van der Waals surface area (Å²) in [7, 11) is 0. The Hall–Kier alpha value is -3.51. The van der Waals surface area contributed by atoms with Crippen LogP contribution in [-0.2, 0) is 24.1 Å². The lowest BCUT2D eigenvalue weighted by atomic mass is 9.91. The first-order chi connectivity index (χ1) is 17.0. The lowest BCUT2D eigenvalue weighted by molar-refractivity contribution is 0.0528. The summed E-state index contributed by atoms with van der Waals surface area (Å²) in [6, 6.07) is 12.2. The summed E-state index contributed by atoms with van der Waals surface area (Å²) in [6.45, 7) is 9.21. The molecule has 182 valence electrons. The molecule has 0 aliphatic carbocycles. The second-order valence-corrected chi connectivity index (χ2v) is 8.93. The molecule has 0 radical (unpaired) electrons. The van der Waals surface area contributed by atoms with Crippen molar-refractivity contribution in [3.8, 4) is 28.1 Å². The third-order valence-corrected chi connectivity index (χ3v) is 6.89. The van der Waals surface area contributed by atoms with Gasteiger partial charge in [0.2, 0.25) is 0 Å². The highest BCUT2D eigenvalue weighted by Crippen LogP contribution is 2.46. The molecule has 0 fully saturated rings. The molecule has 6 nitrogen and oxygen atoms in total. The Labute approximate surface area is 205 Å². The van der Waals surface area contributed by atoms with E-state index in [0.717, 1.165) is 69.5 Å². The number of hydrogen-bond acceptors (Lipinski definition) is 4. The van der Waals surface area contributed by atoms with Gasteiger partial charge < -0.3 is 24.1 Å². The molecule has 1 aliphatic heterocycles. The van der Waals surface area contributed by atoms with Gasteiger partial charge in [-0.15, -0.1) is 0 Å². The minimum Gasteiger partial charge on any atom is -0.493 e. The third kappa shape index (κ3) is 3.73. The van der Waals surface area contributed by atoms with Crippen molar-refractivity contribution in [2.45, 2.75) is 53.2 Å². The molecule has 5 rings (SSSR count). The Morgan fingerprint density at radius 1 is 1.14 bits per heavy atom. The summed E-state index contributed by atoms with van der Waals surface area (Å²) in [6.07, 6.45) is 2.94. The Morgan fingerprint density at radius 2 is 1.94 bits per heavy atom. The van der Waals surface area contributed by atoms with Gasteiger partial charge in [0.25, 0.3) is 0 Å². The minimum absolute atomic E-state index is 0.302. The molecule has 6 heteroatoms. The lowest BCUT2D eigenvalue weighted by Crippen LogP contribution is -2.16. The maximum Gasteiger partial charge on any atom is 0.340 e. The Balaban J connectivity index is 1.85. The molecule has 0 saturated heterocycles. The van der Waals surface area contributed by atoms with E-state index in [9.17, 15) is 9.90 Å². The van der Waals surface area contributed by atoms with Crippen LogP contribution >= 0.6 is 0 Å². The molecule has 2 aromatic carbocycles. The summed E-state index contributed by atoms with van der Waals surface area (Å²) < 4.78 is 13.8. The van der Waals surface area contributed by atoms with E-state index in [4.69, 9.17) is 9.47 Å². The van der Waals surface area contributed by atoms with Crippen LogP contribution in [0.1, 0.15) is 61.0 Å². The zero-order valence-electron chi connectivity index (χ0n) is 20.8. The molecule has 1 unspecified atom stereocenters. The SMILES string of the molecule is CCOC(=O)c1c(-c2c[nH]c3ccccc23)c(CC)n2c1-c1cc(OCC)c(C(C)O)cc1CC2. The van der Waals surface area contributed by atoms with Gasteiger partial charge in [-0.2, -0.15) is 0 Å². The lowest BCUT2D eigenvalue weighted by Gasteiger charge is -2.25. The standard InChI is InChI=1S/C29H32N2O4/c1-5-24-26(22-16-30-23-11-9-8-10-19(22)23)27(29(33)35-7-3)28-21-15-25(34-6-2)20(17(4)32)14-18(21)12-13-31(24)28/h8-11,14-17,30,32H,5-7,12-13H2,1-4H3. The van der Waals surface area contributed by atoms with Crippen molar-refractivity contribution in [3.63, 3.8) is 0 Å². The smallest absolute Gasteiger partial charge is 0.340 e. The average molecular weight is 473 g/mol. The van der Waals surface area contributed by atoms with E-state index in [1.54, 1.807) is 6.92 Å². The van der Waals surface area contributed by atoms with E-state index in [-0.39, 0.29) is 5.97 Å². The van der Waals surface area contributed by atoms with E-state index in [1.807, 2.05) is 50.4 Å². The first-order valence-electron chi connectivity index (χ1n) is 12.5. The minimum atomic E-state index is -0.645. The van der Waals surface area contributed by atoms with Crippen molar-refractivity contribution < 1.29 is 19.4 Å². The second-order valence-electron chi connectivity index (χ2n) is 8.93. The zero-order chi connectivity index (χ0) is 24.7. The van der Waals surface area contributed by atoms with Crippen LogP contribution in [-0.4, -0.2) is 33.8 Å². The number of carbonyl (C=O) groups excluding carboxylic acids is 1. The van der Waals surface area contributed by atoms with Crippen LogP contribution in [0.2, 0.25) is 0 Å². The van der Waals surface area contributed by atoms with E-state index in [2.05, 4.69) is 22.5 Å². The van der Waals surface area contributed by atoms with Gasteiger partial charge in [0.1, 0.15) is 5.75 Å². The molecule has 0 bridgehead atoms. The Morgan fingerprint density at radius 3 is 2.66 bits per heavy atom. The number of aromatic nitrogens is 2. The number of fused-ring (bicyclic) bond motifs is 4. The van der Waals surface area contributed by atoms with Crippen molar-refractivity contribution in [1.29, 1.82) is 0 Å². The van der Waals surface area contributed by atoms with Gasteiger partial charge in [0, 0.05) is 51.6 Å². The number of aromatic amines is 1. The predicted octanol–water partition coefficient (Wildman–Crippen LogP) is 6.05. The number of H-pyrrole nitrogens is 1. The van der Waals surface area contributed by atoms with E-state index in [0.29, 0.717) is 24.5 Å². The molecular weight excluding hydrogens is 440 g/mol. The molecular formula is C29H32N2O4. The fraction of sp³-hybridized carbons (Fsp3) is 0.345. The van der Waals surface area contributed by atoms with Gasteiger partial charge in [-0.05, 0) is 57.4 Å². The highest BCUT2D eigenvalue weighted by molar-refractivity contribution is 6.09. The number of rotatable bonds is 7. The molecule has 0 saturated carbocycles. The second kappa shape index (κ2) is 9.27. The largest absolute Gasteiger partial charge is 0.493 e. The molecule has 1 aliphatic rings. The van der Waals surface area contributed by atoms with Crippen LogP contribution in [0.5, 0.6) is 5.75 Å². The number of aryl methyl sites for hydroxylation is 1. The maximum atomic E-state index is 13.6. The fourth-order valence-electron chi connectivity index (χ4n) is 5.44. The summed E-state index contributed by atoms with van der Waals surface area (Å²) in [5.74, 6) is 0.332. The fourth-order valence-corrected chi connectivity index (χ4v) is 5.44. The molecule has 2 N–H and O–H groups in total. The summed E-state index contributed by atoms with van der Waals surface area (Å²) in [5, 5.41) is 11.5. The van der Waals surface area contributed by atoms with Crippen LogP contribution in [0, 0.1) is 0 Å². The number of aliphatic hydroxyl groups excluding tert-OH is 1. The first-order valence-corrected chi connectivity index (χ1v) is 12.5. The number of nitrogens with zero attached hydrogens (tertiary/aromatic N) is 1. The van der Waals surface area contributed by atoms with Gasteiger partial charge in [0.15, 0.2) is 0 Å². The van der Waals surface area contributed by atoms with Crippen molar-refractivity contribution >= 4 is 16.9 Å². The number of para-hydroxylation sites is 1. The zero-order valence-corrected chi connectivity index (χ0v) is 20.8. The van der Waals surface area contributed by atoms with Gasteiger partial charge in [0.05, 0.1) is 30.6 Å². The molecule has 0 amide bonds. The quantitative estimate of drug-likeness (QED) is 0.321. The van der Waals surface area contributed by atoms with Gasteiger partial charge >= 0.3 is 5.97 Å². The topological polar surface area (TPSA) is 76.5 Å². The monoisotopic (exact) mass is 472 g/mol. The number of esters is 1. The number of carbonyl (C=O) groups is 1. The van der Waals surface area contributed by atoms with Gasteiger partial charge in [-0.25, -0.2) is 4.79 Å². The van der Waals surface area contributed by atoms with Crippen molar-refractivity contribution in [2.24, 2.45) is 0 Å². The van der Waals surface area contributed by atoms with Crippen LogP contribution in [0.4, 0.5) is 0 Å². The van der Waals surface area contributed by atoms with Crippen LogP contribution in [0.25, 0.3) is 33.3 Å². The molecule has 1 atom stereocenters. The molecule has 3 heterocycles. The number of aliphatic hydroxyl groups is 1. The van der Waals surface area contributed by atoms with Crippen molar-refractivity contribution in [1.82, 2.24) is 9.55 Å². The number of hydrogen-bond donors (Lipinski definition) is 2. The molecule has 0 spiro atoms. The number of benzene rings is 2. The van der Waals surface area contributed by atoms with Crippen LogP contribution < -0.4 is 4.74 Å². The third-order valence-electron chi connectivity index (χ3n) is 6.89. The number of ether oxygens (including phenoxy) is 2. The molecule has 35 heavy (non-hydrogen) atoms. The van der Waals surface area contributed by atoms with Crippen LogP contribution in [0.15, 0.2) is 42.6 Å². The molecule has 2 aromatic heterocycles. The summed E-state index contributed by atoms with van der Waals surface area (Å²) >= 11 is 0. The average Bonchev–Trinajstić information content (AvgIpc) is 3.42. The van der Waals surface area contributed by atoms with Gasteiger partial charge in [-0.1, -0.05) is 25.1 Å². The maximum absolute atomic E-state index is 13.6. The summed E-state index contributed by atoms with van der Waals surface area (Å²) in [4.78, 5) is 16.9. The highest BCUT2D eigenvalue weighted by atomic mass is 16.5. The normalized spacial score (nSPS) is 13.4. The number of nitrogens with one attached hydrogen (secondary N) is 1. The first kappa shape index (κ1) is 23.2. The Kier molecular flexibility index (Phi) is 6.15.